The number of ether oxygens (including phenoxy) is 1. The quantitative estimate of drug-likeness (QED) is 0.634. The zero-order valence-corrected chi connectivity index (χ0v) is 11.9. The third-order valence-corrected chi connectivity index (χ3v) is 5.56. The van der Waals surface area contributed by atoms with Crippen LogP contribution in [0.5, 0.6) is 0 Å². The zero-order valence-electron chi connectivity index (χ0n) is 11.9. The Bertz CT molecular complexity index is 439. The van der Waals surface area contributed by atoms with E-state index < -0.39 is 11.9 Å². The second-order valence-corrected chi connectivity index (χ2v) is 6.78. The Morgan fingerprint density at radius 1 is 1.20 bits per heavy atom. The maximum Gasteiger partial charge on any atom is 0.331 e. The summed E-state index contributed by atoms with van der Waals surface area (Å²) >= 11 is 0. The summed E-state index contributed by atoms with van der Waals surface area (Å²) in [4.78, 5) is 22.4. The van der Waals surface area contributed by atoms with Gasteiger partial charge in [0, 0.05) is 18.1 Å². The molecule has 4 heteroatoms. The smallest absolute Gasteiger partial charge is 0.331 e. The number of hydrogen-bond acceptors (Lipinski definition) is 3. The first-order chi connectivity index (χ1) is 9.52. The van der Waals surface area contributed by atoms with Gasteiger partial charge in [0.15, 0.2) is 0 Å². The van der Waals surface area contributed by atoms with Crippen molar-refractivity contribution in [2.75, 3.05) is 0 Å². The fourth-order valence-corrected chi connectivity index (χ4v) is 5.31. The van der Waals surface area contributed by atoms with Crippen LogP contribution in [0.3, 0.4) is 0 Å². The molecule has 20 heavy (non-hydrogen) atoms. The van der Waals surface area contributed by atoms with Gasteiger partial charge in [0.2, 0.25) is 0 Å². The van der Waals surface area contributed by atoms with Crippen LogP contribution in [-0.2, 0) is 14.3 Å². The number of carboxylic acids is 1. The van der Waals surface area contributed by atoms with Gasteiger partial charge in [0.1, 0.15) is 5.60 Å². The van der Waals surface area contributed by atoms with Crippen molar-refractivity contribution < 1.29 is 19.4 Å². The van der Waals surface area contributed by atoms with Crippen molar-refractivity contribution in [1.29, 1.82) is 0 Å². The van der Waals surface area contributed by atoms with E-state index >= 15 is 0 Å². The summed E-state index contributed by atoms with van der Waals surface area (Å²) in [6.07, 6.45) is 8.78. The molecule has 0 spiro atoms. The Kier molecular flexibility index (Phi) is 3.35. The summed E-state index contributed by atoms with van der Waals surface area (Å²) in [6.45, 7) is 2.18. The number of esters is 1. The number of carbonyl (C=O) groups is 2. The fourth-order valence-electron chi connectivity index (χ4n) is 5.31. The molecule has 4 bridgehead atoms. The average molecular weight is 278 g/mol. The van der Waals surface area contributed by atoms with Crippen LogP contribution >= 0.6 is 0 Å². The van der Waals surface area contributed by atoms with Crippen molar-refractivity contribution >= 4 is 11.9 Å². The maximum absolute atomic E-state index is 11.9. The minimum atomic E-state index is -1.11. The molecular weight excluding hydrogens is 256 g/mol. The standard InChI is InChI=1S/C16H22O4/c1-2-13-12-6-10-5-11(7-12)9-16(13,8-10)20-15(19)4-3-14(17)18/h3-4,10-13H,2,5-9H2,1H3,(H,17,18)/b4-3+. The predicted molar refractivity (Wildman–Crippen MR) is 72.9 cm³/mol. The van der Waals surface area contributed by atoms with Crippen molar-refractivity contribution in [2.24, 2.45) is 23.7 Å². The molecule has 4 aliphatic carbocycles. The lowest BCUT2D eigenvalue weighted by Gasteiger charge is -2.60. The number of carboxylic acid groups (broad SMARTS) is 1. The second-order valence-electron chi connectivity index (χ2n) is 6.78. The molecule has 4 aliphatic rings. The van der Waals surface area contributed by atoms with E-state index in [-0.39, 0.29) is 5.60 Å². The van der Waals surface area contributed by atoms with Crippen LogP contribution in [0, 0.1) is 23.7 Å². The maximum atomic E-state index is 11.9. The van der Waals surface area contributed by atoms with Gasteiger partial charge in [-0.15, -0.1) is 0 Å². The van der Waals surface area contributed by atoms with Gasteiger partial charge in [0.25, 0.3) is 0 Å². The minimum absolute atomic E-state index is 0.316. The first-order valence-electron chi connectivity index (χ1n) is 7.66. The van der Waals surface area contributed by atoms with Gasteiger partial charge >= 0.3 is 11.9 Å². The molecule has 0 saturated heterocycles. The summed E-state index contributed by atoms with van der Waals surface area (Å²) in [5, 5.41) is 8.60. The highest BCUT2D eigenvalue weighted by molar-refractivity contribution is 5.90. The van der Waals surface area contributed by atoms with E-state index in [2.05, 4.69) is 6.92 Å². The molecule has 0 amide bonds. The van der Waals surface area contributed by atoms with Crippen LogP contribution in [0.1, 0.15) is 45.4 Å². The number of hydrogen-bond donors (Lipinski definition) is 1. The van der Waals surface area contributed by atoms with Gasteiger partial charge in [-0.1, -0.05) is 6.92 Å². The molecule has 0 aromatic carbocycles. The minimum Gasteiger partial charge on any atom is -0.478 e. The highest BCUT2D eigenvalue weighted by Gasteiger charge is 2.58. The van der Waals surface area contributed by atoms with Crippen molar-refractivity contribution in [3.8, 4) is 0 Å². The van der Waals surface area contributed by atoms with E-state index in [9.17, 15) is 9.59 Å². The first-order valence-corrected chi connectivity index (χ1v) is 7.66. The van der Waals surface area contributed by atoms with E-state index in [0.29, 0.717) is 23.7 Å². The highest BCUT2D eigenvalue weighted by atomic mass is 16.6. The number of carbonyl (C=O) groups excluding carboxylic acids is 1. The molecule has 0 aliphatic heterocycles. The lowest BCUT2D eigenvalue weighted by molar-refractivity contribution is -0.204. The van der Waals surface area contributed by atoms with Gasteiger partial charge in [0.05, 0.1) is 0 Å². The number of aliphatic carboxylic acids is 1. The molecule has 4 fully saturated rings. The lowest BCUT2D eigenvalue weighted by Crippen LogP contribution is -2.58. The molecule has 3 atom stereocenters. The normalized spacial score (nSPS) is 42.0. The van der Waals surface area contributed by atoms with Gasteiger partial charge < -0.3 is 9.84 Å². The van der Waals surface area contributed by atoms with Gasteiger partial charge in [-0.05, 0) is 56.3 Å². The van der Waals surface area contributed by atoms with Crippen LogP contribution < -0.4 is 0 Å². The van der Waals surface area contributed by atoms with E-state index in [0.717, 1.165) is 31.4 Å². The van der Waals surface area contributed by atoms with Crippen LogP contribution in [0.4, 0.5) is 0 Å². The largest absolute Gasteiger partial charge is 0.478 e. The first kappa shape index (κ1) is 13.7. The lowest BCUT2D eigenvalue weighted by atomic mass is 9.49. The molecule has 4 nitrogen and oxygen atoms in total. The predicted octanol–water partition coefficient (Wildman–Crippen LogP) is 2.78. The van der Waals surface area contributed by atoms with E-state index in [1.165, 1.54) is 19.3 Å². The molecular formula is C16H22O4. The van der Waals surface area contributed by atoms with E-state index in [4.69, 9.17) is 9.84 Å². The number of rotatable bonds is 4. The fraction of sp³-hybridized carbons (Fsp3) is 0.750. The highest BCUT2D eigenvalue weighted by Crippen LogP contribution is 2.60. The Labute approximate surface area is 119 Å². The SMILES string of the molecule is CCC1C2CC3CC(C2)CC1(OC(=O)/C=C/C(=O)O)C3. The van der Waals surface area contributed by atoms with Crippen LogP contribution in [0.25, 0.3) is 0 Å². The van der Waals surface area contributed by atoms with E-state index in [1.807, 2.05) is 0 Å². The molecule has 0 aromatic heterocycles. The van der Waals surface area contributed by atoms with Crippen LogP contribution in [0.15, 0.2) is 12.2 Å². The summed E-state index contributed by atoms with van der Waals surface area (Å²) in [6, 6.07) is 0. The van der Waals surface area contributed by atoms with Gasteiger partial charge in [-0.3, -0.25) is 0 Å². The monoisotopic (exact) mass is 278 g/mol. The topological polar surface area (TPSA) is 63.6 Å². The van der Waals surface area contributed by atoms with Crippen molar-refractivity contribution in [3.63, 3.8) is 0 Å². The van der Waals surface area contributed by atoms with Gasteiger partial charge in [-0.2, -0.15) is 0 Å². The molecule has 1 N–H and O–H groups in total. The van der Waals surface area contributed by atoms with Crippen molar-refractivity contribution in [2.45, 2.75) is 51.0 Å². The van der Waals surface area contributed by atoms with Gasteiger partial charge in [-0.25, -0.2) is 9.59 Å². The second kappa shape index (κ2) is 4.90. The molecule has 0 radical (unpaired) electrons. The molecule has 0 heterocycles. The Morgan fingerprint density at radius 3 is 2.40 bits per heavy atom. The third-order valence-electron chi connectivity index (χ3n) is 5.56. The van der Waals surface area contributed by atoms with E-state index in [1.54, 1.807) is 0 Å². The average Bonchev–Trinajstić information content (AvgIpc) is 2.35. The Hall–Kier alpha value is -1.32. The molecule has 4 saturated carbocycles. The molecule has 3 unspecified atom stereocenters. The summed E-state index contributed by atoms with van der Waals surface area (Å²) in [5.74, 6) is 0.949. The van der Waals surface area contributed by atoms with Crippen LogP contribution in [-0.4, -0.2) is 22.6 Å². The molecule has 4 rings (SSSR count). The Morgan fingerprint density at radius 2 is 1.85 bits per heavy atom. The molecule has 0 aromatic rings. The Balaban J connectivity index is 1.78. The summed E-state index contributed by atoms with van der Waals surface area (Å²) < 4.78 is 5.82. The third kappa shape index (κ3) is 2.25. The van der Waals surface area contributed by atoms with Crippen molar-refractivity contribution in [1.82, 2.24) is 0 Å². The van der Waals surface area contributed by atoms with Crippen LogP contribution in [0.2, 0.25) is 0 Å². The summed E-state index contributed by atoms with van der Waals surface area (Å²) in [7, 11) is 0. The van der Waals surface area contributed by atoms with Crippen molar-refractivity contribution in [3.05, 3.63) is 12.2 Å². The summed E-state index contributed by atoms with van der Waals surface area (Å²) in [5.41, 5.74) is -0.316. The zero-order chi connectivity index (χ0) is 14.3. The molecule has 110 valence electrons.